The Morgan fingerprint density at radius 2 is 1.59 bits per heavy atom. The highest BCUT2D eigenvalue weighted by Crippen LogP contribution is 2.21. The van der Waals surface area contributed by atoms with Crippen molar-refractivity contribution in [3.8, 4) is 5.75 Å². The number of benzene rings is 3. The van der Waals surface area contributed by atoms with Crippen LogP contribution in [0.2, 0.25) is 0 Å². The Labute approximate surface area is 189 Å². The number of thiocarbonyl (C=S) groups is 1. The fourth-order valence-corrected chi connectivity index (χ4v) is 3.27. The molecule has 0 aliphatic heterocycles. The van der Waals surface area contributed by atoms with Crippen molar-refractivity contribution in [1.82, 2.24) is 5.32 Å². The first-order valence-electron chi connectivity index (χ1n) is 9.68. The van der Waals surface area contributed by atoms with Crippen LogP contribution in [0.5, 0.6) is 5.75 Å². The maximum Gasteiger partial charge on any atom is 0.291 e. The van der Waals surface area contributed by atoms with Crippen LogP contribution in [0.15, 0.2) is 83.3 Å². The van der Waals surface area contributed by atoms with E-state index in [2.05, 4.69) is 16.0 Å². The standard InChI is InChI=1S/C24H19N3O4S/c1-30-19-10-4-7-16(12-19)22(28)27-24(32)26-18-9-5-8-17(14-18)25-23(29)21-13-15-6-2-3-11-20(15)31-21/h2-14H,1H3,(H,25,29)(H2,26,27,28,32). The van der Waals surface area contributed by atoms with Crippen LogP contribution in [0.1, 0.15) is 20.9 Å². The minimum absolute atomic E-state index is 0.124. The van der Waals surface area contributed by atoms with Gasteiger partial charge in [0.2, 0.25) is 0 Å². The first-order chi connectivity index (χ1) is 15.5. The molecule has 8 heteroatoms. The normalized spacial score (nSPS) is 10.4. The SMILES string of the molecule is COc1cccc(C(=O)NC(=S)Nc2cccc(NC(=O)c3cc4ccccc4o3)c2)c1. The molecule has 7 nitrogen and oxygen atoms in total. The smallest absolute Gasteiger partial charge is 0.291 e. The summed E-state index contributed by atoms with van der Waals surface area (Å²) in [4.78, 5) is 24.9. The molecule has 0 aliphatic carbocycles. The lowest BCUT2D eigenvalue weighted by Gasteiger charge is -2.11. The molecule has 0 aliphatic rings. The van der Waals surface area contributed by atoms with E-state index in [0.29, 0.717) is 28.3 Å². The van der Waals surface area contributed by atoms with E-state index in [1.54, 1.807) is 60.7 Å². The molecule has 0 saturated carbocycles. The van der Waals surface area contributed by atoms with Crippen molar-refractivity contribution in [2.45, 2.75) is 0 Å². The van der Waals surface area contributed by atoms with Crippen LogP contribution < -0.4 is 20.7 Å². The number of amides is 2. The van der Waals surface area contributed by atoms with Crippen molar-refractivity contribution in [3.63, 3.8) is 0 Å². The molecule has 0 saturated heterocycles. The molecule has 4 aromatic rings. The summed E-state index contributed by atoms with van der Waals surface area (Å²) in [5.74, 6) is 0.0538. The molecule has 0 atom stereocenters. The van der Waals surface area contributed by atoms with Gasteiger partial charge in [-0.05, 0) is 60.7 Å². The van der Waals surface area contributed by atoms with E-state index in [-0.39, 0.29) is 22.7 Å². The van der Waals surface area contributed by atoms with E-state index < -0.39 is 0 Å². The number of fused-ring (bicyclic) bond motifs is 1. The number of para-hydroxylation sites is 1. The average molecular weight is 446 g/mol. The van der Waals surface area contributed by atoms with Crippen molar-refractivity contribution < 1.29 is 18.7 Å². The van der Waals surface area contributed by atoms with E-state index in [1.807, 2.05) is 18.2 Å². The molecular weight excluding hydrogens is 426 g/mol. The Bertz CT molecular complexity index is 1280. The second-order valence-corrected chi connectivity index (χ2v) is 7.23. The van der Waals surface area contributed by atoms with E-state index in [1.165, 1.54) is 7.11 Å². The van der Waals surface area contributed by atoms with E-state index in [9.17, 15) is 9.59 Å². The number of carbonyl (C=O) groups excluding carboxylic acids is 2. The fourth-order valence-electron chi connectivity index (χ4n) is 3.06. The summed E-state index contributed by atoms with van der Waals surface area (Å²) in [6, 6.07) is 22.8. The number of anilines is 2. The van der Waals surface area contributed by atoms with Gasteiger partial charge in [0.1, 0.15) is 11.3 Å². The lowest BCUT2D eigenvalue weighted by Crippen LogP contribution is -2.34. The summed E-state index contributed by atoms with van der Waals surface area (Å²) in [5.41, 5.74) is 2.20. The van der Waals surface area contributed by atoms with Gasteiger partial charge in [-0.1, -0.05) is 30.3 Å². The zero-order valence-electron chi connectivity index (χ0n) is 17.0. The van der Waals surface area contributed by atoms with Crippen molar-refractivity contribution in [2.24, 2.45) is 0 Å². The third-order valence-electron chi connectivity index (χ3n) is 4.59. The Balaban J connectivity index is 1.39. The molecule has 3 aromatic carbocycles. The van der Waals surface area contributed by atoms with E-state index in [4.69, 9.17) is 21.4 Å². The largest absolute Gasteiger partial charge is 0.497 e. The Morgan fingerprint density at radius 3 is 2.38 bits per heavy atom. The lowest BCUT2D eigenvalue weighted by molar-refractivity contribution is 0.0975. The molecule has 0 radical (unpaired) electrons. The number of carbonyl (C=O) groups is 2. The minimum Gasteiger partial charge on any atom is -0.497 e. The molecule has 32 heavy (non-hydrogen) atoms. The van der Waals surface area contributed by atoms with Gasteiger partial charge in [-0.3, -0.25) is 14.9 Å². The predicted octanol–water partition coefficient (Wildman–Crippen LogP) is 4.82. The van der Waals surface area contributed by atoms with Crippen molar-refractivity contribution in [3.05, 3.63) is 90.2 Å². The number of methoxy groups -OCH3 is 1. The van der Waals surface area contributed by atoms with Crippen molar-refractivity contribution >= 4 is 51.5 Å². The van der Waals surface area contributed by atoms with Gasteiger partial charge in [-0.15, -0.1) is 0 Å². The van der Waals surface area contributed by atoms with Crippen molar-refractivity contribution in [2.75, 3.05) is 17.7 Å². The summed E-state index contributed by atoms with van der Waals surface area (Å²) in [6.07, 6.45) is 0. The third-order valence-corrected chi connectivity index (χ3v) is 4.79. The maximum atomic E-state index is 12.6. The van der Waals surface area contributed by atoms with Crippen LogP contribution in [0, 0.1) is 0 Å². The predicted molar refractivity (Wildman–Crippen MR) is 127 cm³/mol. The molecule has 4 rings (SSSR count). The fraction of sp³-hybridized carbons (Fsp3) is 0.0417. The Morgan fingerprint density at radius 1 is 0.844 bits per heavy atom. The molecule has 0 unspecified atom stereocenters. The molecule has 2 amide bonds. The highest BCUT2D eigenvalue weighted by Gasteiger charge is 2.13. The van der Waals surface area contributed by atoms with Crippen LogP contribution in [0.25, 0.3) is 11.0 Å². The molecule has 1 heterocycles. The number of rotatable bonds is 5. The van der Waals surface area contributed by atoms with Gasteiger partial charge in [0.25, 0.3) is 11.8 Å². The van der Waals surface area contributed by atoms with Gasteiger partial charge in [0.05, 0.1) is 7.11 Å². The number of furan rings is 1. The van der Waals surface area contributed by atoms with Gasteiger partial charge < -0.3 is 19.8 Å². The number of hydrogen-bond donors (Lipinski definition) is 3. The second kappa shape index (κ2) is 9.32. The van der Waals surface area contributed by atoms with Gasteiger partial charge >= 0.3 is 0 Å². The number of ether oxygens (including phenoxy) is 1. The molecule has 0 spiro atoms. The molecule has 0 bridgehead atoms. The molecule has 1 aromatic heterocycles. The number of hydrogen-bond acceptors (Lipinski definition) is 5. The maximum absolute atomic E-state index is 12.6. The zero-order valence-corrected chi connectivity index (χ0v) is 17.9. The monoisotopic (exact) mass is 445 g/mol. The summed E-state index contributed by atoms with van der Waals surface area (Å²) in [6.45, 7) is 0. The van der Waals surface area contributed by atoms with E-state index in [0.717, 1.165) is 5.39 Å². The highest BCUT2D eigenvalue weighted by molar-refractivity contribution is 7.80. The quantitative estimate of drug-likeness (QED) is 0.382. The Kier molecular flexibility index (Phi) is 6.14. The van der Waals surface area contributed by atoms with Crippen LogP contribution in [-0.2, 0) is 0 Å². The van der Waals surface area contributed by atoms with Gasteiger partial charge in [0, 0.05) is 22.3 Å². The molecule has 160 valence electrons. The Hall–Kier alpha value is -4.17. The first-order valence-corrected chi connectivity index (χ1v) is 10.1. The molecule has 3 N–H and O–H groups in total. The average Bonchev–Trinajstić information content (AvgIpc) is 3.24. The highest BCUT2D eigenvalue weighted by atomic mass is 32.1. The molecular formula is C24H19N3O4S. The summed E-state index contributed by atoms with van der Waals surface area (Å²) < 4.78 is 10.7. The third kappa shape index (κ3) is 4.93. The summed E-state index contributed by atoms with van der Waals surface area (Å²) in [7, 11) is 1.53. The van der Waals surface area contributed by atoms with Crippen LogP contribution in [-0.4, -0.2) is 24.0 Å². The first kappa shape index (κ1) is 21.1. The minimum atomic E-state index is -0.368. The zero-order chi connectivity index (χ0) is 22.5. The van der Waals surface area contributed by atoms with Crippen LogP contribution in [0.3, 0.4) is 0 Å². The van der Waals surface area contributed by atoms with Gasteiger partial charge in [0.15, 0.2) is 10.9 Å². The van der Waals surface area contributed by atoms with Crippen LogP contribution in [0.4, 0.5) is 11.4 Å². The van der Waals surface area contributed by atoms with Gasteiger partial charge in [-0.2, -0.15) is 0 Å². The topological polar surface area (TPSA) is 92.6 Å². The van der Waals surface area contributed by atoms with E-state index >= 15 is 0 Å². The second-order valence-electron chi connectivity index (χ2n) is 6.82. The lowest BCUT2D eigenvalue weighted by atomic mass is 10.2. The van der Waals surface area contributed by atoms with Crippen molar-refractivity contribution in [1.29, 1.82) is 0 Å². The summed E-state index contributed by atoms with van der Waals surface area (Å²) in [5, 5.41) is 9.33. The number of nitrogens with one attached hydrogen (secondary N) is 3. The summed E-state index contributed by atoms with van der Waals surface area (Å²) >= 11 is 5.24. The van der Waals surface area contributed by atoms with Gasteiger partial charge in [-0.25, -0.2) is 0 Å². The van der Waals surface area contributed by atoms with Crippen LogP contribution >= 0.6 is 12.2 Å². The molecule has 0 fully saturated rings.